The molecule has 0 saturated carbocycles. The van der Waals surface area contributed by atoms with Crippen molar-refractivity contribution < 1.29 is 24.1 Å². The molecule has 1 fully saturated rings. The molecule has 1 aliphatic rings. The molecule has 1 heterocycles. The minimum absolute atomic E-state index is 0.344. The van der Waals surface area contributed by atoms with Crippen LogP contribution in [0.15, 0.2) is 91.0 Å². The van der Waals surface area contributed by atoms with E-state index in [9.17, 15) is 5.11 Å². The van der Waals surface area contributed by atoms with E-state index in [-0.39, 0.29) is 6.10 Å². The van der Waals surface area contributed by atoms with Crippen LogP contribution in [0.2, 0.25) is 0 Å². The van der Waals surface area contributed by atoms with Crippen molar-refractivity contribution >= 4 is 0 Å². The van der Waals surface area contributed by atoms with Gasteiger partial charge in [0.15, 0.2) is 6.29 Å². The van der Waals surface area contributed by atoms with Gasteiger partial charge in [0.25, 0.3) is 0 Å². The molecule has 5 nitrogen and oxygen atoms in total. The molecule has 0 bridgehead atoms. The van der Waals surface area contributed by atoms with Gasteiger partial charge in [-0.25, -0.2) is 0 Å². The molecule has 168 valence electrons. The van der Waals surface area contributed by atoms with Crippen LogP contribution in [-0.2, 0) is 38.8 Å². The number of hydrogen-bond acceptors (Lipinski definition) is 5. The number of aliphatic hydroxyl groups excluding tert-OH is 1. The lowest BCUT2D eigenvalue weighted by Gasteiger charge is -2.43. The average molecular weight is 435 g/mol. The summed E-state index contributed by atoms with van der Waals surface area (Å²) in [5.74, 6) is 0. The van der Waals surface area contributed by atoms with Crippen molar-refractivity contribution in [1.29, 1.82) is 0 Å². The predicted octanol–water partition coefficient (Wildman–Crippen LogP) is 4.48. The topological polar surface area (TPSA) is 57.2 Å². The minimum atomic E-state index is -1.11. The maximum atomic E-state index is 10.7. The molecule has 5 heteroatoms. The second kappa shape index (κ2) is 11.4. The van der Waals surface area contributed by atoms with Crippen molar-refractivity contribution in [2.24, 2.45) is 0 Å². The molecular formula is C27H30O5. The van der Waals surface area contributed by atoms with Gasteiger partial charge >= 0.3 is 0 Å². The summed E-state index contributed by atoms with van der Waals surface area (Å²) >= 11 is 0. The summed E-state index contributed by atoms with van der Waals surface area (Å²) < 4.78 is 24.5. The van der Waals surface area contributed by atoms with Gasteiger partial charge in [-0.05, 0) is 23.6 Å². The molecular weight excluding hydrogens is 404 g/mol. The minimum Gasteiger partial charge on any atom is -0.368 e. The molecule has 1 aliphatic heterocycles. The summed E-state index contributed by atoms with van der Waals surface area (Å²) in [5, 5.41) is 10.7. The van der Waals surface area contributed by atoms with Crippen LogP contribution in [0.25, 0.3) is 0 Å². The Bertz CT molecular complexity index is 863. The van der Waals surface area contributed by atoms with Crippen LogP contribution in [-0.4, -0.2) is 35.8 Å². The van der Waals surface area contributed by atoms with E-state index in [1.165, 1.54) is 0 Å². The van der Waals surface area contributed by atoms with Crippen molar-refractivity contribution in [2.75, 3.05) is 0 Å². The highest BCUT2D eigenvalue weighted by Crippen LogP contribution is 2.29. The van der Waals surface area contributed by atoms with Crippen LogP contribution in [0, 0.1) is 0 Å². The first-order valence-corrected chi connectivity index (χ1v) is 11.0. The summed E-state index contributed by atoms with van der Waals surface area (Å²) in [7, 11) is 0. The fraction of sp³-hybridized carbons (Fsp3) is 0.333. The van der Waals surface area contributed by atoms with Gasteiger partial charge in [-0.3, -0.25) is 0 Å². The van der Waals surface area contributed by atoms with Crippen molar-refractivity contribution in [3.8, 4) is 0 Å². The second-order valence-electron chi connectivity index (χ2n) is 8.02. The normalized spacial score (nSPS) is 25.5. The standard InChI is InChI=1S/C27H30O5/c1-20-24(29-17-21-11-5-2-6-12-21)25(30-18-22-13-7-3-8-14-22)26(27(28)32-20)31-19-23-15-9-4-10-16-23/h2-16,20,24-28H,17-19H2,1H3/t20-,24-,25+,26+,27-/m1/s1. The SMILES string of the molecule is C[C@H]1O[C@@H](O)[C@@H](OCc2ccccc2)[C@@H](OCc2ccccc2)[C@@H]1OCc1ccccc1. The smallest absolute Gasteiger partial charge is 0.184 e. The van der Waals surface area contributed by atoms with E-state index in [2.05, 4.69) is 0 Å². The molecule has 0 aliphatic carbocycles. The molecule has 0 aromatic heterocycles. The Labute approximate surface area is 189 Å². The molecule has 1 N–H and O–H groups in total. The van der Waals surface area contributed by atoms with Gasteiger partial charge in [0.2, 0.25) is 0 Å². The van der Waals surface area contributed by atoms with Crippen LogP contribution in [0.5, 0.6) is 0 Å². The van der Waals surface area contributed by atoms with E-state index in [4.69, 9.17) is 18.9 Å². The summed E-state index contributed by atoms with van der Waals surface area (Å²) in [5.41, 5.74) is 3.13. The molecule has 0 amide bonds. The van der Waals surface area contributed by atoms with Crippen molar-refractivity contribution in [2.45, 2.75) is 57.5 Å². The van der Waals surface area contributed by atoms with Crippen molar-refractivity contribution in [3.05, 3.63) is 108 Å². The molecule has 3 aromatic rings. The van der Waals surface area contributed by atoms with E-state index in [0.717, 1.165) is 16.7 Å². The number of rotatable bonds is 9. The van der Waals surface area contributed by atoms with Crippen molar-refractivity contribution in [1.82, 2.24) is 0 Å². The molecule has 3 aromatic carbocycles. The molecule has 1 saturated heterocycles. The molecule has 32 heavy (non-hydrogen) atoms. The highest BCUT2D eigenvalue weighted by Gasteiger charge is 2.46. The highest BCUT2D eigenvalue weighted by atomic mass is 16.7. The Kier molecular flexibility index (Phi) is 8.04. The monoisotopic (exact) mass is 434 g/mol. The second-order valence-corrected chi connectivity index (χ2v) is 8.02. The van der Waals surface area contributed by atoms with Crippen LogP contribution in [0.3, 0.4) is 0 Å². The third kappa shape index (κ3) is 6.03. The van der Waals surface area contributed by atoms with Crippen LogP contribution in [0.1, 0.15) is 23.6 Å². The zero-order chi connectivity index (χ0) is 22.2. The van der Waals surface area contributed by atoms with Gasteiger partial charge in [-0.1, -0.05) is 91.0 Å². The first-order chi connectivity index (χ1) is 15.7. The van der Waals surface area contributed by atoms with Crippen LogP contribution < -0.4 is 0 Å². The zero-order valence-electron chi connectivity index (χ0n) is 18.2. The third-order valence-corrected chi connectivity index (χ3v) is 5.60. The summed E-state index contributed by atoms with van der Waals surface area (Å²) in [6.07, 6.45) is -3.04. The summed E-state index contributed by atoms with van der Waals surface area (Å²) in [6.45, 7) is 3.05. The number of ether oxygens (including phenoxy) is 4. The van der Waals surface area contributed by atoms with E-state index in [1.807, 2.05) is 97.9 Å². The number of benzene rings is 3. The van der Waals surface area contributed by atoms with Crippen molar-refractivity contribution in [3.63, 3.8) is 0 Å². The quantitative estimate of drug-likeness (QED) is 0.538. The van der Waals surface area contributed by atoms with Gasteiger partial charge in [-0.15, -0.1) is 0 Å². The fourth-order valence-electron chi connectivity index (χ4n) is 3.89. The van der Waals surface area contributed by atoms with Gasteiger partial charge < -0.3 is 24.1 Å². The lowest BCUT2D eigenvalue weighted by molar-refractivity contribution is -0.308. The van der Waals surface area contributed by atoms with Gasteiger partial charge in [0.1, 0.15) is 18.3 Å². The molecule has 0 unspecified atom stereocenters. The molecule has 0 spiro atoms. The first-order valence-electron chi connectivity index (χ1n) is 11.0. The zero-order valence-corrected chi connectivity index (χ0v) is 18.2. The van der Waals surface area contributed by atoms with E-state index in [1.54, 1.807) is 0 Å². The summed E-state index contributed by atoms with van der Waals surface area (Å²) in [4.78, 5) is 0. The Morgan fingerprint density at radius 2 is 0.969 bits per heavy atom. The number of aliphatic hydroxyl groups is 1. The maximum Gasteiger partial charge on any atom is 0.184 e. The predicted molar refractivity (Wildman–Crippen MR) is 122 cm³/mol. The maximum absolute atomic E-state index is 10.7. The Hall–Kier alpha value is -2.54. The summed E-state index contributed by atoms with van der Waals surface area (Å²) in [6, 6.07) is 29.8. The fourth-order valence-corrected chi connectivity index (χ4v) is 3.89. The lowest BCUT2D eigenvalue weighted by Crippen LogP contribution is -2.59. The van der Waals surface area contributed by atoms with Gasteiger partial charge in [0.05, 0.1) is 25.9 Å². The number of hydrogen-bond donors (Lipinski definition) is 1. The van der Waals surface area contributed by atoms with E-state index in [0.29, 0.717) is 19.8 Å². The largest absolute Gasteiger partial charge is 0.368 e. The first kappa shape index (κ1) is 22.6. The highest BCUT2D eigenvalue weighted by molar-refractivity contribution is 5.15. The molecule has 5 atom stereocenters. The Balaban J connectivity index is 1.50. The third-order valence-electron chi connectivity index (χ3n) is 5.60. The molecule has 4 rings (SSSR count). The molecule has 0 radical (unpaired) electrons. The van der Waals surface area contributed by atoms with E-state index >= 15 is 0 Å². The lowest BCUT2D eigenvalue weighted by atomic mass is 9.98. The average Bonchev–Trinajstić information content (AvgIpc) is 2.83. The van der Waals surface area contributed by atoms with Gasteiger partial charge in [-0.2, -0.15) is 0 Å². The van der Waals surface area contributed by atoms with Crippen LogP contribution >= 0.6 is 0 Å². The van der Waals surface area contributed by atoms with E-state index < -0.39 is 24.6 Å². The Morgan fingerprint density at radius 1 is 0.594 bits per heavy atom. The van der Waals surface area contributed by atoms with Gasteiger partial charge in [0, 0.05) is 0 Å². The Morgan fingerprint density at radius 3 is 1.41 bits per heavy atom. The van der Waals surface area contributed by atoms with Crippen LogP contribution in [0.4, 0.5) is 0 Å².